The van der Waals surface area contributed by atoms with Crippen molar-refractivity contribution < 1.29 is 18.7 Å². The van der Waals surface area contributed by atoms with Gasteiger partial charge in [-0.3, -0.25) is 4.68 Å². The Morgan fingerprint density at radius 2 is 2.11 bits per heavy atom. The van der Waals surface area contributed by atoms with E-state index in [0.717, 1.165) is 6.20 Å². The van der Waals surface area contributed by atoms with Crippen molar-refractivity contribution in [2.45, 2.75) is 0 Å². The fourth-order valence-corrected chi connectivity index (χ4v) is 1.59. The Hall–Kier alpha value is -2.51. The molecule has 8 heteroatoms. The minimum absolute atomic E-state index is 0.00364. The third-order valence-electron chi connectivity index (χ3n) is 2.48. The lowest BCUT2D eigenvalue weighted by Gasteiger charge is -2.05. The van der Waals surface area contributed by atoms with Crippen molar-refractivity contribution in [3.63, 3.8) is 0 Å². The third-order valence-corrected chi connectivity index (χ3v) is 2.48. The average Bonchev–Trinajstić information content (AvgIpc) is 2.80. The molecule has 0 amide bonds. The van der Waals surface area contributed by atoms with Gasteiger partial charge in [-0.25, -0.2) is 14.2 Å². The normalized spacial score (nSPS) is 10.3. The second-order valence-corrected chi connectivity index (χ2v) is 3.58. The van der Waals surface area contributed by atoms with E-state index in [2.05, 4.69) is 19.8 Å². The van der Waals surface area contributed by atoms with Crippen molar-refractivity contribution in [1.82, 2.24) is 19.7 Å². The fourth-order valence-electron chi connectivity index (χ4n) is 1.59. The molecular weight excluding hydrogens is 255 g/mol. The highest BCUT2D eigenvalue weighted by Gasteiger charge is 2.22. The molecule has 7 nitrogen and oxygen atoms in total. The molecule has 0 aliphatic carbocycles. The zero-order valence-electron chi connectivity index (χ0n) is 10.5. The molecule has 19 heavy (non-hydrogen) atoms. The number of methoxy groups -OCH3 is 2. The first kappa shape index (κ1) is 12.9. The first-order valence-corrected chi connectivity index (χ1v) is 5.25. The molecule has 0 aromatic carbocycles. The fraction of sp³-hybridized carbons (Fsp3) is 0.273. The molecule has 0 saturated heterocycles. The first-order chi connectivity index (χ1) is 9.08. The van der Waals surface area contributed by atoms with Crippen LogP contribution in [0.5, 0.6) is 6.01 Å². The van der Waals surface area contributed by atoms with Crippen LogP contribution in [0.15, 0.2) is 12.4 Å². The quantitative estimate of drug-likeness (QED) is 0.765. The van der Waals surface area contributed by atoms with Gasteiger partial charge in [0.15, 0.2) is 11.5 Å². The number of hydrogen-bond acceptors (Lipinski definition) is 6. The lowest BCUT2D eigenvalue weighted by molar-refractivity contribution is 0.0589. The van der Waals surface area contributed by atoms with E-state index in [1.54, 1.807) is 7.05 Å². The number of rotatable bonds is 3. The summed E-state index contributed by atoms with van der Waals surface area (Å²) in [4.78, 5) is 19.2. The number of hydrogen-bond donors (Lipinski definition) is 0. The van der Waals surface area contributed by atoms with Gasteiger partial charge in [0, 0.05) is 7.05 Å². The zero-order valence-corrected chi connectivity index (χ0v) is 10.5. The molecule has 0 saturated carbocycles. The van der Waals surface area contributed by atoms with E-state index in [1.807, 2.05) is 0 Å². The van der Waals surface area contributed by atoms with Gasteiger partial charge in [-0.05, 0) is 0 Å². The van der Waals surface area contributed by atoms with Gasteiger partial charge in [0.2, 0.25) is 0 Å². The predicted octanol–water partition coefficient (Wildman–Crippen LogP) is 0.811. The first-order valence-electron chi connectivity index (χ1n) is 5.25. The summed E-state index contributed by atoms with van der Waals surface area (Å²) in [5.41, 5.74) is 0.245. The van der Waals surface area contributed by atoms with Crippen molar-refractivity contribution in [2.24, 2.45) is 7.05 Å². The largest absolute Gasteiger partial charge is 0.467 e. The van der Waals surface area contributed by atoms with Crippen LogP contribution in [-0.2, 0) is 11.8 Å². The van der Waals surface area contributed by atoms with Crippen LogP contribution in [0.1, 0.15) is 10.5 Å². The van der Waals surface area contributed by atoms with Gasteiger partial charge < -0.3 is 9.47 Å². The van der Waals surface area contributed by atoms with Gasteiger partial charge in [0.25, 0.3) is 0 Å². The lowest BCUT2D eigenvalue weighted by Crippen LogP contribution is -2.10. The number of aromatic nitrogens is 4. The Balaban J connectivity index is 2.62. The molecule has 0 aliphatic heterocycles. The van der Waals surface area contributed by atoms with Crippen LogP contribution in [0.25, 0.3) is 11.3 Å². The van der Waals surface area contributed by atoms with Gasteiger partial charge in [0.1, 0.15) is 5.69 Å². The summed E-state index contributed by atoms with van der Waals surface area (Å²) in [7, 11) is 4.14. The van der Waals surface area contributed by atoms with Crippen molar-refractivity contribution >= 4 is 5.97 Å². The highest BCUT2D eigenvalue weighted by molar-refractivity contribution is 5.94. The summed E-state index contributed by atoms with van der Waals surface area (Å²) in [6.45, 7) is 0. The van der Waals surface area contributed by atoms with Crippen LogP contribution in [0.4, 0.5) is 4.39 Å². The number of carbonyl (C=O) groups excluding carboxylic acids is 1. The van der Waals surface area contributed by atoms with E-state index < -0.39 is 11.8 Å². The summed E-state index contributed by atoms with van der Waals surface area (Å²) < 4.78 is 24.5. The summed E-state index contributed by atoms with van der Waals surface area (Å²) in [6.07, 6.45) is 2.30. The highest BCUT2D eigenvalue weighted by Crippen LogP contribution is 2.25. The highest BCUT2D eigenvalue weighted by atomic mass is 19.1. The molecule has 0 atom stereocenters. The second-order valence-electron chi connectivity index (χ2n) is 3.58. The van der Waals surface area contributed by atoms with E-state index in [0.29, 0.717) is 0 Å². The summed E-state index contributed by atoms with van der Waals surface area (Å²) in [5.74, 6) is -1.31. The van der Waals surface area contributed by atoms with Crippen molar-refractivity contribution in [1.29, 1.82) is 0 Å². The maximum absolute atomic E-state index is 13.8. The molecule has 2 aromatic rings. The Kier molecular flexibility index (Phi) is 3.41. The second kappa shape index (κ2) is 5.01. The van der Waals surface area contributed by atoms with Gasteiger partial charge in [-0.1, -0.05) is 0 Å². The van der Waals surface area contributed by atoms with Crippen molar-refractivity contribution in [3.8, 4) is 17.3 Å². The minimum atomic E-state index is -0.682. The maximum Gasteiger partial charge on any atom is 0.357 e. The molecule has 2 rings (SSSR count). The molecule has 0 spiro atoms. The lowest BCUT2D eigenvalue weighted by atomic mass is 10.1. The third kappa shape index (κ3) is 2.24. The van der Waals surface area contributed by atoms with Gasteiger partial charge in [-0.2, -0.15) is 10.1 Å². The van der Waals surface area contributed by atoms with E-state index in [9.17, 15) is 9.18 Å². The molecule has 0 aliphatic rings. The number of halogens is 1. The van der Waals surface area contributed by atoms with E-state index in [4.69, 9.17) is 4.74 Å². The number of aryl methyl sites for hydroxylation is 1. The maximum atomic E-state index is 13.8. The van der Waals surface area contributed by atoms with Crippen LogP contribution in [-0.4, -0.2) is 39.9 Å². The predicted molar refractivity (Wildman–Crippen MR) is 62.1 cm³/mol. The van der Waals surface area contributed by atoms with Gasteiger partial charge in [0.05, 0.1) is 32.2 Å². The molecule has 100 valence electrons. The van der Waals surface area contributed by atoms with E-state index in [-0.39, 0.29) is 23.0 Å². The molecule has 2 aromatic heterocycles. The van der Waals surface area contributed by atoms with Crippen LogP contribution >= 0.6 is 0 Å². The Morgan fingerprint density at radius 3 is 2.74 bits per heavy atom. The Morgan fingerprint density at radius 1 is 1.37 bits per heavy atom. The molecule has 2 heterocycles. The number of ether oxygens (including phenoxy) is 2. The number of carbonyl (C=O) groups is 1. The SMILES string of the molecule is COC(=O)c1c(-c2nc(OC)ncc2F)cnn1C. The average molecular weight is 266 g/mol. The van der Waals surface area contributed by atoms with Gasteiger partial charge >= 0.3 is 12.0 Å². The number of nitrogens with zero attached hydrogens (tertiary/aromatic N) is 4. The molecule has 0 radical (unpaired) electrons. The zero-order chi connectivity index (χ0) is 14.0. The van der Waals surface area contributed by atoms with E-state index in [1.165, 1.54) is 25.1 Å². The van der Waals surface area contributed by atoms with E-state index >= 15 is 0 Å². The van der Waals surface area contributed by atoms with Crippen molar-refractivity contribution in [3.05, 3.63) is 23.9 Å². The molecule has 0 fully saturated rings. The molecule has 0 bridgehead atoms. The standard InChI is InChI=1S/C11H11FN4O3/c1-16-9(10(17)18-2)6(4-14-16)8-7(12)5-13-11(15-8)19-3/h4-5H,1-3H3. The number of esters is 1. The van der Waals surface area contributed by atoms with Crippen LogP contribution in [0, 0.1) is 5.82 Å². The molecule has 0 unspecified atom stereocenters. The van der Waals surface area contributed by atoms with Crippen LogP contribution in [0.3, 0.4) is 0 Å². The molecular formula is C11H11FN4O3. The monoisotopic (exact) mass is 266 g/mol. The van der Waals surface area contributed by atoms with Crippen LogP contribution < -0.4 is 4.74 Å². The summed E-state index contributed by atoms with van der Waals surface area (Å²) in [6, 6.07) is -0.00364. The Bertz CT molecular complexity index is 626. The Labute approximate surface area is 108 Å². The smallest absolute Gasteiger partial charge is 0.357 e. The van der Waals surface area contributed by atoms with Crippen molar-refractivity contribution in [2.75, 3.05) is 14.2 Å². The minimum Gasteiger partial charge on any atom is -0.467 e. The topological polar surface area (TPSA) is 79.1 Å². The summed E-state index contributed by atoms with van der Waals surface area (Å²) in [5, 5.41) is 3.91. The van der Waals surface area contributed by atoms with Crippen LogP contribution in [0.2, 0.25) is 0 Å². The summed E-state index contributed by atoms with van der Waals surface area (Å²) >= 11 is 0. The molecule has 0 N–H and O–H groups in total. The van der Waals surface area contributed by atoms with Gasteiger partial charge in [-0.15, -0.1) is 0 Å².